The van der Waals surface area contributed by atoms with E-state index in [1.807, 2.05) is 0 Å². The number of hydrogen-bond donors (Lipinski definition) is 1. The highest BCUT2D eigenvalue weighted by Gasteiger charge is 2.32. The summed E-state index contributed by atoms with van der Waals surface area (Å²) in [5, 5.41) is 8.83. The van der Waals surface area contributed by atoms with Crippen LogP contribution < -0.4 is 4.90 Å². The van der Waals surface area contributed by atoms with Gasteiger partial charge in [0.05, 0.1) is 6.61 Å². The molecule has 0 aliphatic rings. The lowest BCUT2D eigenvalue weighted by molar-refractivity contribution is -0.120. The van der Waals surface area contributed by atoms with Gasteiger partial charge in [-0.2, -0.15) is 13.2 Å². The number of pyridine rings is 1. The Balaban J connectivity index is 2.89. The maximum atomic E-state index is 12.4. The number of aliphatic hydroxyl groups excluding tert-OH is 1. The van der Waals surface area contributed by atoms with Crippen molar-refractivity contribution >= 4 is 5.82 Å². The van der Waals surface area contributed by atoms with Crippen molar-refractivity contribution in [1.82, 2.24) is 4.98 Å². The van der Waals surface area contributed by atoms with Gasteiger partial charge in [-0.15, -0.1) is 0 Å². The van der Waals surface area contributed by atoms with E-state index >= 15 is 0 Å². The summed E-state index contributed by atoms with van der Waals surface area (Å²) in [6.45, 7) is 2.14. The fourth-order valence-electron chi connectivity index (χ4n) is 1.40. The molecule has 0 aliphatic carbocycles. The van der Waals surface area contributed by atoms with Crippen molar-refractivity contribution in [2.75, 3.05) is 11.4 Å². The van der Waals surface area contributed by atoms with Crippen molar-refractivity contribution in [2.24, 2.45) is 0 Å². The SMILES string of the molecule is CC(C)N(CC(F)(F)F)c1ccc(CO)cn1. The Bertz CT molecular complexity index is 349. The number of nitrogens with zero attached hydrogens (tertiary/aromatic N) is 2. The van der Waals surface area contributed by atoms with Crippen molar-refractivity contribution in [3.63, 3.8) is 0 Å². The Labute approximate surface area is 97.9 Å². The Hall–Kier alpha value is -1.30. The summed E-state index contributed by atoms with van der Waals surface area (Å²) < 4.78 is 37.2. The van der Waals surface area contributed by atoms with Crippen LogP contribution in [0.2, 0.25) is 0 Å². The van der Waals surface area contributed by atoms with Crippen molar-refractivity contribution in [2.45, 2.75) is 32.7 Å². The monoisotopic (exact) mass is 248 g/mol. The number of anilines is 1. The van der Waals surface area contributed by atoms with Gasteiger partial charge in [-0.25, -0.2) is 4.98 Å². The molecule has 3 nitrogen and oxygen atoms in total. The number of aromatic nitrogens is 1. The molecule has 1 heterocycles. The molecule has 0 aliphatic heterocycles. The third-order valence-electron chi connectivity index (χ3n) is 2.26. The minimum atomic E-state index is -4.26. The number of hydrogen-bond acceptors (Lipinski definition) is 3. The highest BCUT2D eigenvalue weighted by Crippen LogP contribution is 2.22. The molecular formula is C11H15F3N2O. The molecule has 1 aromatic heterocycles. The maximum absolute atomic E-state index is 12.4. The van der Waals surface area contributed by atoms with Crippen LogP contribution in [0.3, 0.4) is 0 Å². The first-order chi connectivity index (χ1) is 7.83. The Morgan fingerprint density at radius 3 is 2.35 bits per heavy atom. The first kappa shape index (κ1) is 13.8. The summed E-state index contributed by atoms with van der Waals surface area (Å²) in [5.41, 5.74) is 0.574. The Morgan fingerprint density at radius 2 is 2.00 bits per heavy atom. The summed E-state index contributed by atoms with van der Waals surface area (Å²) in [7, 11) is 0. The Kier molecular flexibility index (Phi) is 4.34. The van der Waals surface area contributed by atoms with Crippen LogP contribution in [0.15, 0.2) is 18.3 Å². The molecule has 6 heteroatoms. The minimum Gasteiger partial charge on any atom is -0.392 e. The molecule has 0 aromatic carbocycles. The molecule has 0 fully saturated rings. The van der Waals surface area contributed by atoms with Gasteiger partial charge in [0.2, 0.25) is 0 Å². The topological polar surface area (TPSA) is 36.4 Å². The smallest absolute Gasteiger partial charge is 0.392 e. The van der Waals surface area contributed by atoms with E-state index in [1.54, 1.807) is 19.9 Å². The van der Waals surface area contributed by atoms with Gasteiger partial charge >= 0.3 is 6.18 Å². The van der Waals surface area contributed by atoms with E-state index in [0.717, 1.165) is 0 Å². The number of rotatable bonds is 4. The molecule has 96 valence electrons. The van der Waals surface area contributed by atoms with Crippen LogP contribution >= 0.6 is 0 Å². The molecule has 0 saturated heterocycles. The van der Waals surface area contributed by atoms with Gasteiger partial charge in [0.15, 0.2) is 0 Å². The average molecular weight is 248 g/mol. The molecule has 0 saturated carbocycles. The highest BCUT2D eigenvalue weighted by atomic mass is 19.4. The van der Waals surface area contributed by atoms with Crippen LogP contribution in [-0.4, -0.2) is 28.9 Å². The van der Waals surface area contributed by atoms with E-state index in [9.17, 15) is 13.2 Å². The second kappa shape index (κ2) is 5.35. The zero-order valence-corrected chi connectivity index (χ0v) is 9.70. The molecule has 1 aromatic rings. The zero-order valence-electron chi connectivity index (χ0n) is 9.70. The summed E-state index contributed by atoms with van der Waals surface area (Å²) in [6.07, 6.45) is -2.89. The molecule has 0 atom stereocenters. The predicted molar refractivity (Wildman–Crippen MR) is 58.7 cm³/mol. The minimum absolute atomic E-state index is 0.172. The van der Waals surface area contributed by atoms with Crippen LogP contribution in [0, 0.1) is 0 Å². The quantitative estimate of drug-likeness (QED) is 0.888. The van der Waals surface area contributed by atoms with E-state index in [2.05, 4.69) is 4.98 Å². The van der Waals surface area contributed by atoms with Gasteiger partial charge in [0.1, 0.15) is 12.4 Å². The fourth-order valence-corrected chi connectivity index (χ4v) is 1.40. The van der Waals surface area contributed by atoms with Crippen molar-refractivity contribution in [3.05, 3.63) is 23.9 Å². The van der Waals surface area contributed by atoms with Crippen LogP contribution in [-0.2, 0) is 6.61 Å². The normalized spacial score (nSPS) is 11.9. The molecule has 0 unspecified atom stereocenters. The van der Waals surface area contributed by atoms with Gasteiger partial charge in [-0.05, 0) is 25.5 Å². The standard InChI is InChI=1S/C11H15F3N2O/c1-8(2)16(7-11(12,13)14)10-4-3-9(6-17)5-15-10/h3-5,8,17H,6-7H2,1-2H3. The van der Waals surface area contributed by atoms with Gasteiger partial charge in [-0.3, -0.25) is 0 Å². The lowest BCUT2D eigenvalue weighted by Crippen LogP contribution is -2.39. The maximum Gasteiger partial charge on any atom is 0.405 e. The van der Waals surface area contributed by atoms with Crippen LogP contribution in [0.25, 0.3) is 0 Å². The molecule has 1 N–H and O–H groups in total. The number of aliphatic hydroxyl groups is 1. The summed E-state index contributed by atoms with van der Waals surface area (Å²) in [6, 6.07) is 2.75. The van der Waals surface area contributed by atoms with Gasteiger partial charge in [-0.1, -0.05) is 6.07 Å². The lowest BCUT2D eigenvalue weighted by Gasteiger charge is -2.28. The van der Waals surface area contributed by atoms with Crippen LogP contribution in [0.4, 0.5) is 19.0 Å². The van der Waals surface area contributed by atoms with Crippen molar-refractivity contribution in [3.8, 4) is 0 Å². The molecule has 17 heavy (non-hydrogen) atoms. The predicted octanol–water partition coefficient (Wildman–Crippen LogP) is 2.35. The third kappa shape index (κ3) is 4.22. The first-order valence-corrected chi connectivity index (χ1v) is 5.22. The fraction of sp³-hybridized carbons (Fsp3) is 0.545. The summed E-state index contributed by atoms with van der Waals surface area (Å²) in [5.74, 6) is 0.259. The highest BCUT2D eigenvalue weighted by molar-refractivity contribution is 5.40. The molecule has 0 spiro atoms. The van der Waals surface area contributed by atoms with E-state index < -0.39 is 12.7 Å². The average Bonchev–Trinajstić information content (AvgIpc) is 2.25. The molecular weight excluding hydrogens is 233 g/mol. The van der Waals surface area contributed by atoms with Crippen molar-refractivity contribution < 1.29 is 18.3 Å². The molecule has 0 bridgehead atoms. The van der Waals surface area contributed by atoms with Gasteiger partial charge in [0.25, 0.3) is 0 Å². The van der Waals surface area contributed by atoms with E-state index in [1.165, 1.54) is 17.2 Å². The molecule has 0 amide bonds. The summed E-state index contributed by atoms with van der Waals surface area (Å²) in [4.78, 5) is 5.09. The second-order valence-corrected chi connectivity index (χ2v) is 4.02. The molecule has 0 radical (unpaired) electrons. The van der Waals surface area contributed by atoms with Gasteiger partial charge < -0.3 is 10.0 Å². The number of alkyl halides is 3. The number of halogens is 3. The van der Waals surface area contributed by atoms with Crippen molar-refractivity contribution in [1.29, 1.82) is 0 Å². The zero-order chi connectivity index (χ0) is 13.1. The van der Waals surface area contributed by atoms with Crippen LogP contribution in [0.1, 0.15) is 19.4 Å². The van der Waals surface area contributed by atoms with Crippen LogP contribution in [0.5, 0.6) is 0 Å². The lowest BCUT2D eigenvalue weighted by atomic mass is 10.2. The van der Waals surface area contributed by atoms with E-state index in [-0.39, 0.29) is 18.5 Å². The molecule has 1 rings (SSSR count). The van der Waals surface area contributed by atoms with E-state index in [4.69, 9.17) is 5.11 Å². The largest absolute Gasteiger partial charge is 0.405 e. The Morgan fingerprint density at radius 1 is 1.35 bits per heavy atom. The van der Waals surface area contributed by atoms with Gasteiger partial charge in [0, 0.05) is 12.2 Å². The van der Waals surface area contributed by atoms with E-state index in [0.29, 0.717) is 5.56 Å². The second-order valence-electron chi connectivity index (χ2n) is 4.02. The third-order valence-corrected chi connectivity index (χ3v) is 2.26. The summed E-state index contributed by atoms with van der Waals surface area (Å²) >= 11 is 0. The first-order valence-electron chi connectivity index (χ1n) is 5.22.